The standard InChI is InChI=1S/C21H16Cl2N2O4S3/c1-11-3-4-20(30-11)29-15-8-13(22)7-14(9-15)24-21(26)19-6-12-5-17(25-32(2,27)28)16(23)10-18(12)31-19/h3-10,25H,1-2H3,(H,24,26). The molecule has 0 fully saturated rings. The fourth-order valence-electron chi connectivity index (χ4n) is 2.92. The molecule has 0 unspecified atom stereocenters. The first-order valence-corrected chi connectivity index (χ1v) is 13.4. The Bertz CT molecular complexity index is 1440. The van der Waals surface area contributed by atoms with Gasteiger partial charge in [0.1, 0.15) is 5.75 Å². The van der Waals surface area contributed by atoms with Crippen molar-refractivity contribution in [2.75, 3.05) is 16.3 Å². The highest BCUT2D eigenvalue weighted by molar-refractivity contribution is 7.92. The Labute approximate surface area is 202 Å². The van der Waals surface area contributed by atoms with Gasteiger partial charge in [-0.2, -0.15) is 0 Å². The number of halogens is 2. The van der Waals surface area contributed by atoms with Gasteiger partial charge in [0.25, 0.3) is 5.91 Å². The Balaban J connectivity index is 1.57. The SMILES string of the molecule is Cc1ccc(Oc2cc(Cl)cc(NC(=O)c3cc4cc(NS(C)(=O)=O)c(Cl)cc4s3)c2)s1. The normalized spacial score (nSPS) is 11.5. The molecular formula is C21H16Cl2N2O4S3. The minimum Gasteiger partial charge on any atom is -0.447 e. The van der Waals surface area contributed by atoms with Crippen LogP contribution in [0.4, 0.5) is 11.4 Å². The van der Waals surface area contributed by atoms with Gasteiger partial charge in [0.2, 0.25) is 10.0 Å². The lowest BCUT2D eigenvalue weighted by atomic mass is 10.2. The summed E-state index contributed by atoms with van der Waals surface area (Å²) < 4.78 is 32.0. The Kier molecular flexibility index (Phi) is 6.37. The number of nitrogens with one attached hydrogen (secondary N) is 2. The average Bonchev–Trinajstić information content (AvgIpc) is 3.26. The number of carbonyl (C=O) groups is 1. The third-order valence-electron chi connectivity index (χ3n) is 4.19. The molecule has 0 aliphatic heterocycles. The van der Waals surface area contributed by atoms with Crippen LogP contribution in [-0.2, 0) is 10.0 Å². The molecule has 2 aromatic heterocycles. The summed E-state index contributed by atoms with van der Waals surface area (Å²) in [6.45, 7) is 1.99. The molecule has 166 valence electrons. The number of benzene rings is 2. The lowest BCUT2D eigenvalue weighted by Gasteiger charge is -2.08. The predicted octanol–water partition coefficient (Wildman–Crippen LogP) is 6.99. The van der Waals surface area contributed by atoms with E-state index in [0.717, 1.165) is 20.9 Å². The molecule has 4 rings (SSSR count). The third kappa shape index (κ3) is 5.54. The molecule has 1 amide bonds. The van der Waals surface area contributed by atoms with E-state index in [-0.39, 0.29) is 16.6 Å². The fourth-order valence-corrected chi connectivity index (χ4v) is 5.75. The van der Waals surface area contributed by atoms with E-state index < -0.39 is 10.0 Å². The van der Waals surface area contributed by atoms with Crippen LogP contribution in [0.2, 0.25) is 10.0 Å². The van der Waals surface area contributed by atoms with Gasteiger partial charge in [-0.15, -0.1) is 22.7 Å². The zero-order valence-corrected chi connectivity index (χ0v) is 20.7. The molecule has 11 heteroatoms. The van der Waals surface area contributed by atoms with Gasteiger partial charge in [0.15, 0.2) is 5.06 Å². The van der Waals surface area contributed by atoms with Crippen LogP contribution in [0.25, 0.3) is 10.1 Å². The number of aryl methyl sites for hydroxylation is 1. The average molecular weight is 527 g/mol. The van der Waals surface area contributed by atoms with Gasteiger partial charge in [-0.3, -0.25) is 9.52 Å². The van der Waals surface area contributed by atoms with Crippen LogP contribution in [-0.4, -0.2) is 20.6 Å². The Hall–Kier alpha value is -2.30. The summed E-state index contributed by atoms with van der Waals surface area (Å²) in [5.41, 5.74) is 0.743. The highest BCUT2D eigenvalue weighted by Gasteiger charge is 2.15. The van der Waals surface area contributed by atoms with Gasteiger partial charge in [-0.25, -0.2) is 8.42 Å². The van der Waals surface area contributed by atoms with Crippen LogP contribution in [0.1, 0.15) is 14.5 Å². The number of rotatable bonds is 6. The molecule has 0 saturated carbocycles. The molecule has 2 N–H and O–H groups in total. The van der Waals surface area contributed by atoms with Crippen LogP contribution >= 0.6 is 45.9 Å². The molecule has 6 nitrogen and oxygen atoms in total. The summed E-state index contributed by atoms with van der Waals surface area (Å²) in [7, 11) is -3.48. The van der Waals surface area contributed by atoms with E-state index in [4.69, 9.17) is 27.9 Å². The number of fused-ring (bicyclic) bond motifs is 1. The van der Waals surface area contributed by atoms with Crippen molar-refractivity contribution in [2.24, 2.45) is 0 Å². The van der Waals surface area contributed by atoms with Crippen LogP contribution in [0, 0.1) is 6.92 Å². The van der Waals surface area contributed by atoms with E-state index in [1.807, 2.05) is 19.1 Å². The summed E-state index contributed by atoms with van der Waals surface area (Å²) in [6, 6.07) is 13.7. The number of ether oxygens (including phenoxy) is 1. The summed E-state index contributed by atoms with van der Waals surface area (Å²) in [6.07, 6.45) is 1.04. The lowest BCUT2D eigenvalue weighted by Crippen LogP contribution is -2.10. The maximum atomic E-state index is 12.8. The third-order valence-corrected chi connectivity index (χ3v) is 7.29. The first kappa shape index (κ1) is 22.9. The maximum absolute atomic E-state index is 12.8. The molecule has 0 bridgehead atoms. The van der Waals surface area contributed by atoms with Crippen molar-refractivity contribution in [3.63, 3.8) is 0 Å². The minimum absolute atomic E-state index is 0.247. The molecule has 0 saturated heterocycles. The second kappa shape index (κ2) is 8.92. The van der Waals surface area contributed by atoms with Crippen molar-refractivity contribution in [1.29, 1.82) is 0 Å². The maximum Gasteiger partial charge on any atom is 0.265 e. The number of anilines is 2. The number of thiophene rings is 2. The van der Waals surface area contributed by atoms with Crippen LogP contribution in [0.5, 0.6) is 10.8 Å². The molecule has 2 heterocycles. The van der Waals surface area contributed by atoms with Crippen molar-refractivity contribution >= 4 is 83.3 Å². The Morgan fingerprint density at radius 2 is 1.81 bits per heavy atom. The van der Waals surface area contributed by atoms with E-state index in [1.165, 1.54) is 22.7 Å². The predicted molar refractivity (Wildman–Crippen MR) is 134 cm³/mol. The first-order valence-electron chi connectivity index (χ1n) is 9.13. The molecule has 2 aromatic carbocycles. The summed E-state index contributed by atoms with van der Waals surface area (Å²) >= 11 is 15.1. The van der Waals surface area contributed by atoms with Crippen molar-refractivity contribution in [2.45, 2.75) is 6.92 Å². The Morgan fingerprint density at radius 1 is 1.03 bits per heavy atom. The lowest BCUT2D eigenvalue weighted by molar-refractivity contribution is 0.103. The second-order valence-corrected chi connectivity index (χ2v) is 11.9. The number of sulfonamides is 1. The zero-order valence-electron chi connectivity index (χ0n) is 16.7. The summed E-state index contributed by atoms with van der Waals surface area (Å²) in [5, 5.41) is 4.91. The monoisotopic (exact) mass is 526 g/mol. The number of hydrogen-bond donors (Lipinski definition) is 2. The molecule has 0 aliphatic rings. The van der Waals surface area contributed by atoms with E-state index in [9.17, 15) is 13.2 Å². The van der Waals surface area contributed by atoms with E-state index in [1.54, 1.807) is 36.4 Å². The number of hydrogen-bond acceptors (Lipinski definition) is 6. The molecular weight excluding hydrogens is 511 g/mol. The Morgan fingerprint density at radius 3 is 2.50 bits per heavy atom. The van der Waals surface area contributed by atoms with Gasteiger partial charge in [0, 0.05) is 26.4 Å². The van der Waals surface area contributed by atoms with Crippen molar-refractivity contribution in [3.05, 3.63) is 68.3 Å². The van der Waals surface area contributed by atoms with Gasteiger partial charge >= 0.3 is 0 Å². The fraction of sp³-hybridized carbons (Fsp3) is 0.0952. The minimum atomic E-state index is -3.48. The van der Waals surface area contributed by atoms with Crippen molar-refractivity contribution in [3.8, 4) is 10.8 Å². The van der Waals surface area contributed by atoms with E-state index >= 15 is 0 Å². The summed E-state index contributed by atoms with van der Waals surface area (Å²) in [4.78, 5) is 14.4. The first-order chi connectivity index (χ1) is 15.1. The molecule has 0 spiro atoms. The highest BCUT2D eigenvalue weighted by atomic mass is 35.5. The molecule has 0 aliphatic carbocycles. The van der Waals surface area contributed by atoms with E-state index in [0.29, 0.717) is 26.7 Å². The van der Waals surface area contributed by atoms with Gasteiger partial charge in [0.05, 0.1) is 21.8 Å². The van der Waals surface area contributed by atoms with Gasteiger partial charge in [-0.05, 0) is 54.8 Å². The number of carbonyl (C=O) groups excluding carboxylic acids is 1. The smallest absolute Gasteiger partial charge is 0.265 e. The second-order valence-electron chi connectivity index (χ2n) is 6.95. The van der Waals surface area contributed by atoms with Crippen LogP contribution in [0.3, 0.4) is 0 Å². The highest BCUT2D eigenvalue weighted by Crippen LogP contribution is 2.35. The van der Waals surface area contributed by atoms with Gasteiger partial charge in [-0.1, -0.05) is 23.2 Å². The van der Waals surface area contributed by atoms with E-state index in [2.05, 4.69) is 10.0 Å². The van der Waals surface area contributed by atoms with Crippen LogP contribution in [0.15, 0.2) is 48.5 Å². The number of amides is 1. The molecule has 4 aromatic rings. The molecule has 0 atom stereocenters. The van der Waals surface area contributed by atoms with Gasteiger partial charge < -0.3 is 10.1 Å². The zero-order chi connectivity index (χ0) is 23.0. The van der Waals surface area contributed by atoms with Crippen molar-refractivity contribution < 1.29 is 17.9 Å². The molecule has 32 heavy (non-hydrogen) atoms. The topological polar surface area (TPSA) is 84.5 Å². The van der Waals surface area contributed by atoms with Crippen LogP contribution < -0.4 is 14.8 Å². The largest absolute Gasteiger partial charge is 0.447 e. The quantitative estimate of drug-likeness (QED) is 0.283. The van der Waals surface area contributed by atoms with Crippen molar-refractivity contribution in [1.82, 2.24) is 0 Å². The molecule has 0 radical (unpaired) electrons. The summed E-state index contributed by atoms with van der Waals surface area (Å²) in [5.74, 6) is 0.175.